The molecule has 46 heavy (non-hydrogen) atoms. The average Bonchev–Trinajstić information content (AvgIpc) is 3.64. The number of benzene rings is 2. The highest BCUT2D eigenvalue weighted by Crippen LogP contribution is 2.37. The quantitative estimate of drug-likeness (QED) is 0.267. The van der Waals surface area contributed by atoms with Gasteiger partial charge in [0.05, 0.1) is 24.3 Å². The predicted molar refractivity (Wildman–Crippen MR) is 171 cm³/mol. The Morgan fingerprint density at radius 3 is 2.54 bits per heavy atom. The van der Waals surface area contributed by atoms with Gasteiger partial charge in [-0.1, -0.05) is 32.9 Å². The Morgan fingerprint density at radius 2 is 1.80 bits per heavy atom. The fourth-order valence-electron chi connectivity index (χ4n) is 4.49. The van der Waals surface area contributed by atoms with Crippen molar-refractivity contribution in [3.63, 3.8) is 0 Å². The minimum Gasteiger partial charge on any atom is -0.541 e. The molecule has 0 bridgehead atoms. The molecule has 1 N–H and O–H groups in total. The van der Waals surface area contributed by atoms with Gasteiger partial charge >= 0.3 is 6.03 Å². The van der Waals surface area contributed by atoms with E-state index in [4.69, 9.17) is 13.9 Å². The van der Waals surface area contributed by atoms with E-state index in [-0.39, 0.29) is 24.1 Å². The Labute approximate surface area is 267 Å². The molecule has 1 atom stereocenters. The van der Waals surface area contributed by atoms with E-state index < -0.39 is 32.2 Å². The predicted octanol–water partition coefficient (Wildman–Crippen LogP) is 4.89. The minimum absolute atomic E-state index is 0.00635. The zero-order valence-corrected chi connectivity index (χ0v) is 27.6. The number of halogens is 1. The van der Waals surface area contributed by atoms with Gasteiger partial charge in [-0.25, -0.2) is 13.9 Å². The summed E-state index contributed by atoms with van der Waals surface area (Å²) < 4.78 is 33.6. The Balaban J connectivity index is 1.18. The Morgan fingerprint density at radius 1 is 1.04 bits per heavy atom. The van der Waals surface area contributed by atoms with Crippen LogP contribution < -0.4 is 24.1 Å². The van der Waals surface area contributed by atoms with E-state index in [2.05, 4.69) is 49.4 Å². The smallest absolute Gasteiger partial charge is 0.342 e. The van der Waals surface area contributed by atoms with Gasteiger partial charge in [0.2, 0.25) is 0 Å². The van der Waals surface area contributed by atoms with Crippen molar-refractivity contribution in [3.05, 3.63) is 84.2 Å². The molecule has 0 saturated heterocycles. The zero-order chi connectivity index (χ0) is 33.2. The third-order valence-electron chi connectivity index (χ3n) is 8.12. The Hall–Kier alpha value is -4.98. The molecule has 0 spiro atoms. The van der Waals surface area contributed by atoms with Gasteiger partial charge in [-0.2, -0.15) is 14.9 Å². The van der Waals surface area contributed by atoms with E-state index in [1.807, 2.05) is 0 Å². The first-order valence-electron chi connectivity index (χ1n) is 14.7. The second kappa shape index (κ2) is 12.8. The van der Waals surface area contributed by atoms with Crippen LogP contribution >= 0.6 is 0 Å². The fraction of sp³-hybridized carbons (Fsp3) is 0.344. The molecule has 1 aliphatic rings. The van der Waals surface area contributed by atoms with E-state index in [9.17, 15) is 18.8 Å². The van der Waals surface area contributed by atoms with Crippen molar-refractivity contribution >= 4 is 31.9 Å². The van der Waals surface area contributed by atoms with Gasteiger partial charge in [-0.3, -0.25) is 9.59 Å². The van der Waals surface area contributed by atoms with E-state index in [0.717, 1.165) is 10.2 Å². The maximum Gasteiger partial charge on any atom is 0.342 e. The number of hydrogen-bond donors (Lipinski definition) is 1. The molecule has 1 aliphatic heterocycles. The average molecular weight is 649 g/mol. The van der Waals surface area contributed by atoms with Crippen molar-refractivity contribution in [3.8, 4) is 17.2 Å². The summed E-state index contributed by atoms with van der Waals surface area (Å²) in [6.45, 7) is 10.2. The van der Waals surface area contributed by atoms with Crippen LogP contribution in [-0.2, 0) is 11.2 Å². The number of likely N-dealkylation sites (N-methyl/N-ethyl adjacent to an activating group) is 1. The first kappa shape index (κ1) is 32.4. The van der Waals surface area contributed by atoms with Crippen molar-refractivity contribution < 1.29 is 32.7 Å². The second-order valence-electron chi connectivity index (χ2n) is 12.6. The number of carbonyl (C=O) groups excluding carboxylic acids is 3. The Kier molecular flexibility index (Phi) is 9.01. The van der Waals surface area contributed by atoms with Crippen LogP contribution in [0.4, 0.5) is 14.9 Å². The molecule has 0 unspecified atom stereocenters. The lowest BCUT2D eigenvalue weighted by Crippen LogP contribution is -2.50. The SMILES string of the molecule is CN1C(=O)[C@@H](NC(=O)n2cc(Cc3cccc(F)c3)cn2)COc2ccc(OCC(=O)n3cc(O[Si](C)(C)C(C)(C)C)cn3)cc21. The van der Waals surface area contributed by atoms with Crippen LogP contribution in [0.25, 0.3) is 0 Å². The van der Waals surface area contributed by atoms with Crippen LogP contribution in [-0.4, -0.2) is 72.0 Å². The molecule has 3 heterocycles. The molecule has 242 valence electrons. The van der Waals surface area contributed by atoms with Gasteiger partial charge in [-0.05, 0) is 53.5 Å². The number of amides is 2. The van der Waals surface area contributed by atoms with Crippen LogP contribution in [0, 0.1) is 5.82 Å². The van der Waals surface area contributed by atoms with E-state index in [1.54, 1.807) is 43.6 Å². The fourth-order valence-corrected chi connectivity index (χ4v) is 5.49. The maximum absolute atomic E-state index is 13.5. The van der Waals surface area contributed by atoms with Gasteiger partial charge in [-0.15, -0.1) is 0 Å². The van der Waals surface area contributed by atoms with Gasteiger partial charge < -0.3 is 24.1 Å². The lowest BCUT2D eigenvalue weighted by atomic mass is 10.1. The third-order valence-corrected chi connectivity index (χ3v) is 12.5. The summed E-state index contributed by atoms with van der Waals surface area (Å²) in [6.07, 6.45) is 6.49. The molecule has 0 fully saturated rings. The molecule has 5 rings (SSSR count). The number of nitrogens with zero attached hydrogens (tertiary/aromatic N) is 5. The van der Waals surface area contributed by atoms with Gasteiger partial charge in [0.15, 0.2) is 6.61 Å². The lowest BCUT2D eigenvalue weighted by molar-refractivity contribution is -0.120. The summed E-state index contributed by atoms with van der Waals surface area (Å²) in [6, 6.07) is 9.40. The summed E-state index contributed by atoms with van der Waals surface area (Å²) in [5.74, 6) is 0.107. The molecular weight excluding hydrogens is 611 g/mol. The van der Waals surface area contributed by atoms with Crippen LogP contribution in [0.2, 0.25) is 18.1 Å². The monoisotopic (exact) mass is 648 g/mol. The van der Waals surface area contributed by atoms with Crippen molar-refractivity contribution in [1.29, 1.82) is 0 Å². The highest BCUT2D eigenvalue weighted by Gasteiger charge is 2.39. The summed E-state index contributed by atoms with van der Waals surface area (Å²) in [4.78, 5) is 40.4. The molecule has 14 heteroatoms. The first-order valence-corrected chi connectivity index (χ1v) is 17.6. The highest BCUT2D eigenvalue weighted by molar-refractivity contribution is 6.74. The minimum atomic E-state index is -2.09. The van der Waals surface area contributed by atoms with Crippen LogP contribution in [0.1, 0.15) is 36.7 Å². The second-order valence-corrected chi connectivity index (χ2v) is 17.3. The molecule has 2 aromatic carbocycles. The molecule has 0 aliphatic carbocycles. The van der Waals surface area contributed by atoms with Crippen molar-refractivity contribution in [2.24, 2.45) is 0 Å². The van der Waals surface area contributed by atoms with Crippen molar-refractivity contribution in [1.82, 2.24) is 24.9 Å². The topological polar surface area (TPSA) is 130 Å². The van der Waals surface area contributed by atoms with Crippen LogP contribution in [0.5, 0.6) is 17.2 Å². The molecule has 2 amide bonds. The Bertz CT molecular complexity index is 1760. The number of nitrogens with one attached hydrogen (secondary N) is 1. The largest absolute Gasteiger partial charge is 0.541 e. The summed E-state index contributed by atoms with van der Waals surface area (Å²) in [5, 5.41) is 10.9. The van der Waals surface area contributed by atoms with E-state index >= 15 is 0 Å². The summed E-state index contributed by atoms with van der Waals surface area (Å²) in [5.41, 5.74) is 1.85. The van der Waals surface area contributed by atoms with Crippen molar-refractivity contribution in [2.45, 2.75) is 51.4 Å². The molecule has 4 aromatic rings. The van der Waals surface area contributed by atoms with Gasteiger partial charge in [0.1, 0.15) is 35.7 Å². The number of ether oxygens (including phenoxy) is 2. The zero-order valence-electron chi connectivity index (χ0n) is 26.6. The number of hydrogen-bond acceptors (Lipinski definition) is 8. The van der Waals surface area contributed by atoms with E-state index in [1.165, 1.54) is 40.3 Å². The number of aromatic nitrogens is 4. The third kappa shape index (κ3) is 7.28. The summed E-state index contributed by atoms with van der Waals surface area (Å²) in [7, 11) is -0.534. The normalized spacial score (nSPS) is 15.1. The number of fused-ring (bicyclic) bond motifs is 1. The maximum atomic E-state index is 13.5. The van der Waals surface area contributed by atoms with Crippen molar-refractivity contribution in [2.75, 3.05) is 25.2 Å². The number of carbonyl (C=O) groups is 3. The number of rotatable bonds is 8. The van der Waals surface area contributed by atoms with Gasteiger partial charge in [0.25, 0.3) is 20.1 Å². The first-order chi connectivity index (χ1) is 21.7. The molecule has 0 saturated carbocycles. The van der Waals surface area contributed by atoms with Crippen LogP contribution in [0.3, 0.4) is 0 Å². The molecular formula is C32H37FN6O6Si. The van der Waals surface area contributed by atoms with Crippen LogP contribution in [0.15, 0.2) is 67.3 Å². The molecule has 0 radical (unpaired) electrons. The molecule has 12 nitrogen and oxygen atoms in total. The summed E-state index contributed by atoms with van der Waals surface area (Å²) >= 11 is 0. The lowest BCUT2D eigenvalue weighted by Gasteiger charge is -2.35. The number of anilines is 1. The van der Waals surface area contributed by atoms with Gasteiger partial charge in [0, 0.05) is 25.7 Å². The molecule has 2 aromatic heterocycles. The van der Waals surface area contributed by atoms with E-state index in [0.29, 0.717) is 34.9 Å². The highest BCUT2D eigenvalue weighted by atomic mass is 28.4. The standard InChI is InChI=1S/C32H37FN6O6Si/c1-32(2,3)46(5,6)45-25-16-35-38(18-25)29(40)20-43-24-10-11-28-27(14-24)37(4)30(41)26(19-44-28)36-31(42)39-17-22(15-34-39)12-21-8-7-9-23(33)13-21/h7-11,13-18,26H,12,19-20H2,1-6H3,(H,36,42)/t26-/m0/s1.